The Kier molecular flexibility index (Phi) is 46.3. The zero-order valence-corrected chi connectivity index (χ0v) is 40.5. The van der Waals surface area contributed by atoms with Gasteiger partial charge in [0.25, 0.3) is 0 Å². The maximum absolute atomic E-state index is 12.6. The van der Waals surface area contributed by atoms with Crippen LogP contribution in [-0.2, 0) is 32.7 Å². The Morgan fingerprint density at radius 3 is 1.26 bits per heavy atom. The fourth-order valence-electron chi connectivity index (χ4n) is 7.23. The van der Waals surface area contributed by atoms with Gasteiger partial charge in [0.1, 0.15) is 6.61 Å². The number of phosphoric acid groups is 1. The van der Waals surface area contributed by atoms with Gasteiger partial charge in [0, 0.05) is 19.4 Å². The van der Waals surface area contributed by atoms with Gasteiger partial charge >= 0.3 is 19.8 Å². The number of hydrogen-bond donors (Lipinski definition) is 2. The van der Waals surface area contributed by atoms with E-state index in [1.54, 1.807) is 0 Å². The molecule has 0 aliphatic rings. The van der Waals surface area contributed by atoms with E-state index in [2.05, 4.69) is 50.3 Å². The van der Waals surface area contributed by atoms with Crippen LogP contribution in [0.25, 0.3) is 0 Å². The SMILES string of the molecule is CCCCCCC/C=C\C/C=C\C/C=C\CCCCCCCCCCCCC(=O)OC(COC(=O)CCCCCCCCCCCCCCCCC)COP(=O)(O)OCCN. The average molecular weight is 882 g/mol. The zero-order chi connectivity index (χ0) is 44.6. The predicted molar refractivity (Wildman–Crippen MR) is 257 cm³/mol. The molecule has 0 fully saturated rings. The van der Waals surface area contributed by atoms with Crippen molar-refractivity contribution in [1.82, 2.24) is 0 Å². The normalized spacial score (nSPS) is 13.4. The molecule has 0 aliphatic heterocycles. The minimum absolute atomic E-state index is 0.0536. The molecule has 0 spiro atoms. The largest absolute Gasteiger partial charge is 0.472 e. The highest BCUT2D eigenvalue weighted by atomic mass is 31.2. The Morgan fingerprint density at radius 1 is 0.492 bits per heavy atom. The smallest absolute Gasteiger partial charge is 0.462 e. The van der Waals surface area contributed by atoms with Crippen molar-refractivity contribution in [3.63, 3.8) is 0 Å². The highest BCUT2D eigenvalue weighted by Gasteiger charge is 2.26. The molecule has 2 atom stereocenters. The van der Waals surface area contributed by atoms with Crippen LogP contribution in [0.3, 0.4) is 0 Å². The number of carbonyl (C=O) groups excluding carboxylic acids is 2. The minimum atomic E-state index is -4.38. The van der Waals surface area contributed by atoms with Gasteiger partial charge in [-0.2, -0.15) is 0 Å². The summed E-state index contributed by atoms with van der Waals surface area (Å²) in [5, 5.41) is 0. The molecule has 0 bridgehead atoms. The zero-order valence-electron chi connectivity index (χ0n) is 39.7. The van der Waals surface area contributed by atoms with E-state index in [4.69, 9.17) is 24.3 Å². The van der Waals surface area contributed by atoms with Gasteiger partial charge in [0.2, 0.25) is 0 Å². The summed E-state index contributed by atoms with van der Waals surface area (Å²) < 4.78 is 32.9. The lowest BCUT2D eigenvalue weighted by molar-refractivity contribution is -0.161. The molecule has 0 rings (SSSR count). The molecule has 2 unspecified atom stereocenters. The van der Waals surface area contributed by atoms with E-state index in [-0.39, 0.29) is 38.6 Å². The van der Waals surface area contributed by atoms with Crippen LogP contribution < -0.4 is 5.73 Å². The van der Waals surface area contributed by atoms with Crippen LogP contribution in [0.15, 0.2) is 36.5 Å². The first-order valence-corrected chi connectivity index (χ1v) is 27.0. The summed E-state index contributed by atoms with van der Waals surface area (Å²) in [7, 11) is -4.38. The average Bonchev–Trinajstić information content (AvgIpc) is 3.25. The second-order valence-corrected chi connectivity index (χ2v) is 18.5. The fourth-order valence-corrected chi connectivity index (χ4v) is 8.00. The second kappa shape index (κ2) is 47.7. The molecule has 0 radical (unpaired) electrons. The molecule has 0 heterocycles. The van der Waals surface area contributed by atoms with Crippen molar-refractivity contribution >= 4 is 19.8 Å². The van der Waals surface area contributed by atoms with Crippen molar-refractivity contribution in [3.05, 3.63) is 36.5 Å². The Morgan fingerprint density at radius 2 is 0.852 bits per heavy atom. The number of carbonyl (C=O) groups is 2. The Balaban J connectivity index is 4.03. The highest BCUT2D eigenvalue weighted by Crippen LogP contribution is 2.43. The van der Waals surface area contributed by atoms with Gasteiger partial charge in [-0.25, -0.2) is 4.57 Å². The quantitative estimate of drug-likeness (QED) is 0.0265. The molecule has 0 saturated heterocycles. The van der Waals surface area contributed by atoms with Gasteiger partial charge in [-0.3, -0.25) is 18.6 Å². The third-order valence-corrected chi connectivity index (χ3v) is 12.0. The number of nitrogens with two attached hydrogens (primary N) is 1. The molecule has 61 heavy (non-hydrogen) atoms. The van der Waals surface area contributed by atoms with Gasteiger partial charge in [0.15, 0.2) is 6.10 Å². The molecule has 0 aromatic carbocycles. The van der Waals surface area contributed by atoms with Crippen LogP contribution in [0.1, 0.15) is 245 Å². The van der Waals surface area contributed by atoms with E-state index in [9.17, 15) is 19.0 Å². The maximum atomic E-state index is 12.6. The molecule has 0 aliphatic carbocycles. The van der Waals surface area contributed by atoms with Crippen molar-refractivity contribution in [2.45, 2.75) is 251 Å². The van der Waals surface area contributed by atoms with E-state index in [0.717, 1.165) is 57.8 Å². The summed E-state index contributed by atoms with van der Waals surface area (Å²) in [6.45, 7) is 3.75. The Bertz CT molecular complexity index is 1100. The van der Waals surface area contributed by atoms with Crippen molar-refractivity contribution in [3.8, 4) is 0 Å². The van der Waals surface area contributed by atoms with E-state index < -0.39 is 26.5 Å². The summed E-state index contributed by atoms with van der Waals surface area (Å²) in [5.74, 6) is -0.823. The fraction of sp³-hybridized carbons (Fsp3) is 0.843. The van der Waals surface area contributed by atoms with Crippen LogP contribution in [-0.4, -0.2) is 49.3 Å². The predicted octanol–water partition coefficient (Wildman–Crippen LogP) is 15.3. The number of ether oxygens (including phenoxy) is 2. The highest BCUT2D eigenvalue weighted by molar-refractivity contribution is 7.47. The molecule has 9 nitrogen and oxygen atoms in total. The van der Waals surface area contributed by atoms with Crippen LogP contribution in [0.4, 0.5) is 0 Å². The lowest BCUT2D eigenvalue weighted by atomic mass is 10.0. The number of hydrogen-bond acceptors (Lipinski definition) is 8. The molecular formula is C51H96NO8P. The van der Waals surface area contributed by atoms with Crippen LogP contribution in [0, 0.1) is 0 Å². The summed E-state index contributed by atoms with van der Waals surface area (Å²) >= 11 is 0. The first-order chi connectivity index (χ1) is 29.8. The topological polar surface area (TPSA) is 134 Å². The third-order valence-electron chi connectivity index (χ3n) is 11.0. The first-order valence-electron chi connectivity index (χ1n) is 25.5. The van der Waals surface area contributed by atoms with Crippen molar-refractivity contribution in [2.75, 3.05) is 26.4 Å². The van der Waals surface area contributed by atoms with Crippen molar-refractivity contribution < 1.29 is 37.6 Å². The van der Waals surface area contributed by atoms with Crippen LogP contribution in [0.2, 0.25) is 0 Å². The molecule has 0 aromatic heterocycles. The van der Waals surface area contributed by atoms with Gasteiger partial charge in [0.05, 0.1) is 13.2 Å². The lowest BCUT2D eigenvalue weighted by Crippen LogP contribution is -2.29. The van der Waals surface area contributed by atoms with Crippen LogP contribution >= 0.6 is 7.82 Å². The van der Waals surface area contributed by atoms with E-state index in [1.165, 1.54) is 154 Å². The Labute approximate surface area is 375 Å². The first kappa shape index (κ1) is 59.2. The molecular weight excluding hydrogens is 786 g/mol. The summed E-state index contributed by atoms with van der Waals surface area (Å²) in [4.78, 5) is 35.0. The number of unbranched alkanes of at least 4 members (excludes halogenated alkanes) is 29. The number of allylic oxidation sites excluding steroid dienone is 6. The molecule has 0 aromatic rings. The Hall–Kier alpha value is -1.77. The third kappa shape index (κ3) is 47.5. The van der Waals surface area contributed by atoms with Crippen molar-refractivity contribution in [2.24, 2.45) is 5.73 Å². The standard InChI is InChI=1S/C51H96NO8P/c1-3-5-7-9-11-13-15-17-19-20-21-22-23-24-25-26-27-28-30-32-34-36-38-40-42-44-51(54)60-49(48-59-61(55,56)58-46-45-52)47-57-50(53)43-41-39-37-35-33-31-29-18-16-14-12-10-8-6-4-2/h15,17,20-21,23-24,49H,3-14,16,18-19,22,25-48,52H2,1-2H3,(H,55,56)/b17-15-,21-20-,24-23-. The van der Waals surface area contributed by atoms with E-state index >= 15 is 0 Å². The molecule has 0 saturated carbocycles. The van der Waals surface area contributed by atoms with Gasteiger partial charge < -0.3 is 20.1 Å². The van der Waals surface area contributed by atoms with Gasteiger partial charge in [-0.15, -0.1) is 0 Å². The van der Waals surface area contributed by atoms with E-state index in [0.29, 0.717) is 6.42 Å². The molecule has 10 heteroatoms. The van der Waals surface area contributed by atoms with Gasteiger partial charge in [-0.05, 0) is 51.4 Å². The molecule has 0 amide bonds. The number of phosphoric ester groups is 1. The number of esters is 2. The molecule has 3 N–H and O–H groups in total. The van der Waals surface area contributed by atoms with Gasteiger partial charge in [-0.1, -0.05) is 217 Å². The lowest BCUT2D eigenvalue weighted by Gasteiger charge is -2.19. The molecule has 358 valence electrons. The summed E-state index contributed by atoms with van der Waals surface area (Å²) in [6, 6.07) is 0. The monoisotopic (exact) mass is 882 g/mol. The summed E-state index contributed by atoms with van der Waals surface area (Å²) in [5.41, 5.74) is 5.36. The summed E-state index contributed by atoms with van der Waals surface area (Å²) in [6.07, 6.45) is 54.6. The van der Waals surface area contributed by atoms with Crippen LogP contribution in [0.5, 0.6) is 0 Å². The minimum Gasteiger partial charge on any atom is -0.462 e. The van der Waals surface area contributed by atoms with Crippen molar-refractivity contribution in [1.29, 1.82) is 0 Å². The van der Waals surface area contributed by atoms with E-state index in [1.807, 2.05) is 0 Å². The second-order valence-electron chi connectivity index (χ2n) is 17.0. The maximum Gasteiger partial charge on any atom is 0.472 e. The number of rotatable bonds is 48.